The van der Waals surface area contributed by atoms with Gasteiger partial charge in [0.2, 0.25) is 5.91 Å². The summed E-state index contributed by atoms with van der Waals surface area (Å²) in [5.74, 6) is -0.405. The molecule has 2 nitrogen and oxygen atoms in total. The highest BCUT2D eigenvalue weighted by atomic mass is 32.1. The van der Waals surface area contributed by atoms with E-state index in [-0.39, 0.29) is 0 Å². The van der Waals surface area contributed by atoms with E-state index in [1.54, 1.807) is 6.08 Å². The van der Waals surface area contributed by atoms with Crippen LogP contribution in [0.15, 0.2) is 23.1 Å². The van der Waals surface area contributed by atoms with E-state index in [2.05, 4.69) is 19.2 Å². The largest absolute Gasteiger partial charge is 0.366 e. The minimum Gasteiger partial charge on any atom is -0.366 e. The average Bonchev–Trinajstić information content (AvgIpc) is 1.81. The normalized spacial score (nSPS) is 11.2. The fraction of sp³-hybridized carbons (Fsp3) is 0.286. The number of allylic oxidation sites excluding steroid dienone is 1. The van der Waals surface area contributed by atoms with Crippen LogP contribution in [0, 0.1) is 0 Å². The average molecular weight is 157 g/mol. The second-order valence-corrected chi connectivity index (χ2v) is 2.45. The molecule has 0 aliphatic heterocycles. The number of carbonyl (C=O) groups is 1. The highest BCUT2D eigenvalue weighted by Crippen LogP contribution is 2.06. The van der Waals surface area contributed by atoms with Gasteiger partial charge in [0.25, 0.3) is 0 Å². The Balaban J connectivity index is 4.34. The van der Waals surface area contributed by atoms with E-state index in [1.807, 2.05) is 6.92 Å². The van der Waals surface area contributed by atoms with Crippen molar-refractivity contribution in [1.29, 1.82) is 0 Å². The van der Waals surface area contributed by atoms with Gasteiger partial charge in [-0.15, -0.1) is 12.6 Å². The predicted octanol–water partition coefficient (Wildman–Crippen LogP) is 1.25. The molecule has 0 aliphatic carbocycles. The van der Waals surface area contributed by atoms with Gasteiger partial charge in [0.05, 0.1) is 0 Å². The van der Waals surface area contributed by atoms with E-state index >= 15 is 0 Å². The molecule has 0 aliphatic rings. The minimum absolute atomic E-state index is 0.405. The summed E-state index contributed by atoms with van der Waals surface area (Å²) in [4.78, 5) is 11.1. The zero-order valence-electron chi connectivity index (χ0n) is 5.92. The lowest BCUT2D eigenvalue weighted by molar-refractivity contribution is -0.114. The van der Waals surface area contributed by atoms with Crippen LogP contribution < -0.4 is 5.73 Å². The minimum atomic E-state index is -0.405. The zero-order valence-corrected chi connectivity index (χ0v) is 6.82. The molecule has 0 saturated carbocycles. The topological polar surface area (TPSA) is 43.1 Å². The SMILES string of the molecule is C=C(S)/C=C(\CC)C(N)=O. The highest BCUT2D eigenvalue weighted by Gasteiger charge is 1.99. The second-order valence-electron chi connectivity index (χ2n) is 1.88. The first kappa shape index (κ1) is 9.30. The Morgan fingerprint density at radius 2 is 2.30 bits per heavy atom. The molecule has 0 unspecified atom stereocenters. The maximum Gasteiger partial charge on any atom is 0.244 e. The van der Waals surface area contributed by atoms with Gasteiger partial charge in [-0.05, 0) is 17.4 Å². The number of hydrogen-bond donors (Lipinski definition) is 2. The van der Waals surface area contributed by atoms with Gasteiger partial charge in [0.1, 0.15) is 0 Å². The van der Waals surface area contributed by atoms with Gasteiger partial charge in [-0.3, -0.25) is 4.79 Å². The predicted molar refractivity (Wildman–Crippen MR) is 45.7 cm³/mol. The van der Waals surface area contributed by atoms with E-state index in [4.69, 9.17) is 5.73 Å². The van der Waals surface area contributed by atoms with Crippen LogP contribution in [-0.2, 0) is 4.79 Å². The van der Waals surface area contributed by atoms with Gasteiger partial charge in [-0.1, -0.05) is 13.5 Å². The molecule has 10 heavy (non-hydrogen) atoms. The van der Waals surface area contributed by atoms with Crippen LogP contribution in [-0.4, -0.2) is 5.91 Å². The summed E-state index contributed by atoms with van der Waals surface area (Å²) < 4.78 is 0. The first-order valence-corrected chi connectivity index (χ1v) is 3.41. The molecule has 0 spiro atoms. The van der Waals surface area contributed by atoms with Gasteiger partial charge in [-0.25, -0.2) is 0 Å². The molecule has 0 rings (SSSR count). The molecule has 0 radical (unpaired) electrons. The molecular formula is C7H11NOS. The molecule has 0 heterocycles. The van der Waals surface area contributed by atoms with E-state index in [0.717, 1.165) is 0 Å². The van der Waals surface area contributed by atoms with Crippen molar-refractivity contribution >= 4 is 18.5 Å². The number of primary amides is 1. The molecule has 3 heteroatoms. The van der Waals surface area contributed by atoms with Crippen LogP contribution in [0.25, 0.3) is 0 Å². The Kier molecular flexibility index (Phi) is 3.88. The first-order chi connectivity index (χ1) is 4.57. The Morgan fingerprint density at radius 3 is 2.40 bits per heavy atom. The zero-order chi connectivity index (χ0) is 8.15. The molecular weight excluding hydrogens is 146 g/mol. The Hall–Kier alpha value is -0.700. The third-order valence-electron chi connectivity index (χ3n) is 1.04. The molecule has 0 aromatic heterocycles. The van der Waals surface area contributed by atoms with Crippen molar-refractivity contribution in [1.82, 2.24) is 0 Å². The fourth-order valence-electron chi connectivity index (χ4n) is 0.549. The van der Waals surface area contributed by atoms with Gasteiger partial charge < -0.3 is 5.73 Å². The summed E-state index contributed by atoms with van der Waals surface area (Å²) >= 11 is 3.91. The quantitative estimate of drug-likeness (QED) is 0.361. The van der Waals surface area contributed by atoms with Crippen molar-refractivity contribution in [2.24, 2.45) is 5.73 Å². The first-order valence-electron chi connectivity index (χ1n) is 2.96. The molecule has 1 amide bonds. The van der Waals surface area contributed by atoms with Crippen LogP contribution in [0.3, 0.4) is 0 Å². The van der Waals surface area contributed by atoms with E-state index < -0.39 is 5.91 Å². The molecule has 0 atom stereocenters. The highest BCUT2D eigenvalue weighted by molar-refractivity contribution is 7.84. The van der Waals surface area contributed by atoms with Crippen molar-refractivity contribution in [2.45, 2.75) is 13.3 Å². The van der Waals surface area contributed by atoms with Crippen LogP contribution in [0.2, 0.25) is 0 Å². The maximum absolute atomic E-state index is 10.5. The van der Waals surface area contributed by atoms with E-state index in [1.165, 1.54) is 0 Å². The number of rotatable bonds is 3. The fourth-order valence-corrected chi connectivity index (χ4v) is 0.704. The number of carbonyl (C=O) groups excluding carboxylic acids is 1. The van der Waals surface area contributed by atoms with Gasteiger partial charge >= 0.3 is 0 Å². The van der Waals surface area contributed by atoms with Gasteiger partial charge in [-0.2, -0.15) is 0 Å². The summed E-state index contributed by atoms with van der Waals surface area (Å²) in [5.41, 5.74) is 5.57. The van der Waals surface area contributed by atoms with Crippen molar-refractivity contribution in [3.8, 4) is 0 Å². The number of amides is 1. The Labute approximate surface area is 66.2 Å². The summed E-state index contributed by atoms with van der Waals surface area (Å²) in [6.07, 6.45) is 2.19. The van der Waals surface area contributed by atoms with Crippen LogP contribution in [0.1, 0.15) is 13.3 Å². The van der Waals surface area contributed by atoms with Crippen molar-refractivity contribution in [3.63, 3.8) is 0 Å². The van der Waals surface area contributed by atoms with Gasteiger partial charge in [0.15, 0.2) is 0 Å². The Bertz CT molecular complexity index is 184. The standard InChI is InChI=1S/C7H11NOS/c1-3-6(7(8)9)4-5(2)10/h4,10H,2-3H2,1H3,(H2,8,9)/b6-4+. The molecule has 2 N–H and O–H groups in total. The summed E-state index contributed by atoms with van der Waals surface area (Å²) in [6, 6.07) is 0. The number of nitrogens with two attached hydrogens (primary N) is 1. The molecule has 0 aromatic rings. The monoisotopic (exact) mass is 157 g/mol. The lowest BCUT2D eigenvalue weighted by Crippen LogP contribution is -2.13. The third kappa shape index (κ3) is 3.35. The number of hydrogen-bond acceptors (Lipinski definition) is 2. The molecule has 0 bridgehead atoms. The number of thiol groups is 1. The summed E-state index contributed by atoms with van der Waals surface area (Å²) in [7, 11) is 0. The lowest BCUT2D eigenvalue weighted by Gasteiger charge is -1.96. The maximum atomic E-state index is 10.5. The van der Waals surface area contributed by atoms with E-state index in [9.17, 15) is 4.79 Å². The van der Waals surface area contributed by atoms with E-state index in [0.29, 0.717) is 16.9 Å². The lowest BCUT2D eigenvalue weighted by atomic mass is 10.2. The van der Waals surface area contributed by atoms with Crippen molar-refractivity contribution in [3.05, 3.63) is 23.1 Å². The molecule has 0 fully saturated rings. The molecule has 0 aromatic carbocycles. The second kappa shape index (κ2) is 4.17. The van der Waals surface area contributed by atoms with Crippen LogP contribution >= 0.6 is 12.6 Å². The van der Waals surface area contributed by atoms with Gasteiger partial charge in [0, 0.05) is 5.57 Å². The smallest absolute Gasteiger partial charge is 0.244 e. The van der Waals surface area contributed by atoms with Crippen LogP contribution in [0.4, 0.5) is 0 Å². The van der Waals surface area contributed by atoms with Crippen molar-refractivity contribution < 1.29 is 4.79 Å². The molecule has 0 saturated heterocycles. The summed E-state index contributed by atoms with van der Waals surface area (Å²) in [5, 5.41) is 0. The van der Waals surface area contributed by atoms with Crippen molar-refractivity contribution in [2.75, 3.05) is 0 Å². The third-order valence-corrected chi connectivity index (χ3v) is 1.17. The molecule has 56 valence electrons. The Morgan fingerprint density at radius 1 is 1.80 bits per heavy atom. The summed E-state index contributed by atoms with van der Waals surface area (Å²) in [6.45, 7) is 5.36. The van der Waals surface area contributed by atoms with Crippen LogP contribution in [0.5, 0.6) is 0 Å².